The number of methoxy groups -OCH3 is 1. The van der Waals surface area contributed by atoms with Crippen molar-refractivity contribution in [3.8, 4) is 22.7 Å². The second-order valence-electron chi connectivity index (χ2n) is 8.14. The van der Waals surface area contributed by atoms with Crippen LogP contribution in [0.15, 0.2) is 60.8 Å². The van der Waals surface area contributed by atoms with E-state index in [1.54, 1.807) is 11.8 Å². The zero-order valence-corrected chi connectivity index (χ0v) is 18.1. The molecule has 0 saturated carbocycles. The molecular weight excluding hydrogens is 406 g/mol. The summed E-state index contributed by atoms with van der Waals surface area (Å²) >= 11 is 0. The Balaban J connectivity index is 1.44. The molecule has 2 fully saturated rings. The highest BCUT2D eigenvalue weighted by Crippen LogP contribution is 2.30. The number of ether oxygens (including phenoxy) is 3. The van der Waals surface area contributed by atoms with Crippen molar-refractivity contribution in [1.29, 1.82) is 0 Å². The molecule has 0 unspecified atom stereocenters. The number of carbonyl (C=O) groups excluding carboxylic acids is 1. The molecule has 0 atom stereocenters. The Morgan fingerprint density at radius 2 is 1.78 bits per heavy atom. The molecule has 2 aromatic carbocycles. The van der Waals surface area contributed by atoms with Crippen LogP contribution < -0.4 is 4.74 Å². The third-order valence-electron chi connectivity index (χ3n) is 6.17. The van der Waals surface area contributed by atoms with Crippen LogP contribution in [0.3, 0.4) is 0 Å². The molecule has 1 aromatic heterocycles. The summed E-state index contributed by atoms with van der Waals surface area (Å²) in [6, 6.07) is 17.5. The summed E-state index contributed by atoms with van der Waals surface area (Å²) in [5.41, 5.74) is 3.01. The summed E-state index contributed by atoms with van der Waals surface area (Å²) in [6.45, 7) is 2.68. The van der Waals surface area contributed by atoms with E-state index >= 15 is 0 Å². The number of nitrogens with zero attached hydrogens (tertiary/aromatic N) is 3. The molecule has 2 aliphatic rings. The first-order chi connectivity index (χ1) is 15.7. The monoisotopic (exact) mass is 433 g/mol. The summed E-state index contributed by atoms with van der Waals surface area (Å²) < 4.78 is 18.5. The van der Waals surface area contributed by atoms with Gasteiger partial charge in [-0.15, -0.1) is 0 Å². The third kappa shape index (κ3) is 4.13. The van der Waals surface area contributed by atoms with Crippen LogP contribution in [0.1, 0.15) is 23.2 Å². The Morgan fingerprint density at radius 1 is 1.03 bits per heavy atom. The number of aromatic nitrogens is 2. The molecule has 5 rings (SSSR count). The lowest BCUT2D eigenvalue weighted by atomic mass is 9.95. The molecule has 0 bridgehead atoms. The molecular formula is C25H27N3O4. The molecule has 7 nitrogen and oxygen atoms in total. The number of hydrogen-bond acceptors (Lipinski definition) is 5. The van der Waals surface area contributed by atoms with Crippen molar-refractivity contribution in [3.63, 3.8) is 0 Å². The molecule has 3 heterocycles. The number of amides is 1. The first-order valence-electron chi connectivity index (χ1n) is 11.0. The fourth-order valence-electron chi connectivity index (χ4n) is 4.42. The topological polar surface area (TPSA) is 65.8 Å². The number of para-hydroxylation sites is 1. The first kappa shape index (κ1) is 20.7. The largest absolute Gasteiger partial charge is 0.497 e. The summed E-state index contributed by atoms with van der Waals surface area (Å²) in [6.07, 6.45) is 3.46. The molecule has 32 heavy (non-hydrogen) atoms. The van der Waals surface area contributed by atoms with E-state index in [0.717, 1.165) is 29.8 Å². The Bertz CT molecular complexity index is 1070. The fourth-order valence-corrected chi connectivity index (χ4v) is 4.42. The lowest BCUT2D eigenvalue weighted by Crippen LogP contribution is -2.41. The number of benzene rings is 2. The molecule has 2 aliphatic heterocycles. The quantitative estimate of drug-likeness (QED) is 0.613. The minimum absolute atomic E-state index is 0.00305. The Kier molecular flexibility index (Phi) is 5.92. The number of rotatable bonds is 5. The van der Waals surface area contributed by atoms with Crippen molar-refractivity contribution in [2.75, 3.05) is 33.4 Å². The molecule has 0 aliphatic carbocycles. The molecule has 3 aromatic rings. The molecule has 166 valence electrons. The van der Waals surface area contributed by atoms with E-state index in [0.29, 0.717) is 43.5 Å². The van der Waals surface area contributed by atoms with Crippen LogP contribution in [0.4, 0.5) is 0 Å². The highest BCUT2D eigenvalue weighted by atomic mass is 16.7. The molecule has 2 saturated heterocycles. The average Bonchev–Trinajstić information content (AvgIpc) is 3.55. The van der Waals surface area contributed by atoms with Crippen molar-refractivity contribution in [3.05, 3.63) is 66.4 Å². The molecule has 7 heteroatoms. The smallest absolute Gasteiger partial charge is 0.257 e. The van der Waals surface area contributed by atoms with Crippen LogP contribution in [0.5, 0.6) is 5.75 Å². The standard InChI is InChI=1S/C25H27N3O4/c1-30-21-9-5-6-19(16-21)23-22(17-28(26-23)20-7-3-2-4-8-20)24(29)27-12-10-18(11-13-27)25-31-14-15-32-25/h2-9,16-18,25H,10-15H2,1H3. The van der Waals surface area contributed by atoms with Gasteiger partial charge in [0.2, 0.25) is 0 Å². The van der Waals surface area contributed by atoms with Gasteiger partial charge in [-0.1, -0.05) is 30.3 Å². The van der Waals surface area contributed by atoms with E-state index in [1.165, 1.54) is 0 Å². The van der Waals surface area contributed by atoms with Crippen LogP contribution in [0.25, 0.3) is 16.9 Å². The zero-order chi connectivity index (χ0) is 21.9. The van der Waals surface area contributed by atoms with Crippen molar-refractivity contribution >= 4 is 5.91 Å². The maximum absolute atomic E-state index is 13.6. The Hall–Kier alpha value is -3.16. The van der Waals surface area contributed by atoms with Gasteiger partial charge in [-0.3, -0.25) is 4.79 Å². The van der Waals surface area contributed by atoms with E-state index in [-0.39, 0.29) is 12.2 Å². The lowest BCUT2D eigenvalue weighted by molar-refractivity contribution is -0.0956. The van der Waals surface area contributed by atoms with Gasteiger partial charge >= 0.3 is 0 Å². The van der Waals surface area contributed by atoms with Crippen LogP contribution in [-0.4, -0.2) is 60.3 Å². The SMILES string of the molecule is COc1cccc(-c2nn(-c3ccccc3)cc2C(=O)N2CCC(C3OCCO3)CC2)c1. The van der Waals surface area contributed by atoms with E-state index in [9.17, 15) is 4.79 Å². The minimum Gasteiger partial charge on any atom is -0.497 e. The van der Waals surface area contributed by atoms with E-state index in [1.807, 2.05) is 65.7 Å². The number of likely N-dealkylation sites (tertiary alicyclic amines) is 1. The molecule has 0 N–H and O–H groups in total. The van der Waals surface area contributed by atoms with E-state index in [4.69, 9.17) is 19.3 Å². The van der Waals surface area contributed by atoms with Crippen LogP contribution in [-0.2, 0) is 9.47 Å². The zero-order valence-electron chi connectivity index (χ0n) is 18.1. The van der Waals surface area contributed by atoms with Gasteiger partial charge in [0, 0.05) is 30.8 Å². The molecule has 1 amide bonds. The van der Waals surface area contributed by atoms with Crippen LogP contribution in [0.2, 0.25) is 0 Å². The third-order valence-corrected chi connectivity index (χ3v) is 6.17. The number of piperidine rings is 1. The molecule has 0 spiro atoms. The van der Waals surface area contributed by atoms with Gasteiger partial charge in [0.05, 0.1) is 31.6 Å². The van der Waals surface area contributed by atoms with Gasteiger partial charge in [-0.2, -0.15) is 5.10 Å². The second-order valence-corrected chi connectivity index (χ2v) is 8.14. The van der Waals surface area contributed by atoms with Gasteiger partial charge in [-0.25, -0.2) is 4.68 Å². The van der Waals surface area contributed by atoms with Crippen molar-refractivity contribution < 1.29 is 19.0 Å². The summed E-state index contributed by atoms with van der Waals surface area (Å²) in [7, 11) is 1.63. The normalized spacial score (nSPS) is 17.6. The van der Waals surface area contributed by atoms with Gasteiger partial charge in [0.1, 0.15) is 11.4 Å². The minimum atomic E-state index is -0.125. The van der Waals surface area contributed by atoms with Crippen molar-refractivity contribution in [2.24, 2.45) is 5.92 Å². The maximum Gasteiger partial charge on any atom is 0.257 e. The average molecular weight is 434 g/mol. The van der Waals surface area contributed by atoms with Gasteiger partial charge in [0.25, 0.3) is 5.91 Å². The lowest BCUT2D eigenvalue weighted by Gasteiger charge is -2.33. The Labute approximate surface area is 187 Å². The predicted octanol–water partition coefficient (Wildman–Crippen LogP) is 3.77. The highest BCUT2D eigenvalue weighted by Gasteiger charge is 2.33. The Morgan fingerprint density at radius 3 is 2.50 bits per heavy atom. The van der Waals surface area contributed by atoms with Crippen LogP contribution >= 0.6 is 0 Å². The van der Waals surface area contributed by atoms with Crippen LogP contribution in [0, 0.1) is 5.92 Å². The highest BCUT2D eigenvalue weighted by molar-refractivity contribution is 6.00. The number of carbonyl (C=O) groups is 1. The molecule has 0 radical (unpaired) electrons. The first-order valence-corrected chi connectivity index (χ1v) is 11.0. The summed E-state index contributed by atoms with van der Waals surface area (Å²) in [5, 5.41) is 4.79. The summed E-state index contributed by atoms with van der Waals surface area (Å²) in [5.74, 6) is 1.07. The van der Waals surface area contributed by atoms with Gasteiger partial charge in [0.15, 0.2) is 6.29 Å². The second kappa shape index (κ2) is 9.14. The number of hydrogen-bond donors (Lipinski definition) is 0. The van der Waals surface area contributed by atoms with Crippen molar-refractivity contribution in [2.45, 2.75) is 19.1 Å². The van der Waals surface area contributed by atoms with E-state index in [2.05, 4.69) is 0 Å². The fraction of sp³-hybridized carbons (Fsp3) is 0.360. The predicted molar refractivity (Wildman–Crippen MR) is 120 cm³/mol. The van der Waals surface area contributed by atoms with Gasteiger partial charge in [-0.05, 0) is 37.1 Å². The van der Waals surface area contributed by atoms with E-state index < -0.39 is 0 Å². The maximum atomic E-state index is 13.6. The van der Waals surface area contributed by atoms with Gasteiger partial charge < -0.3 is 19.1 Å². The summed E-state index contributed by atoms with van der Waals surface area (Å²) in [4.78, 5) is 15.5. The van der Waals surface area contributed by atoms with Crippen molar-refractivity contribution in [1.82, 2.24) is 14.7 Å².